The quantitative estimate of drug-likeness (QED) is 0.146. The molecule has 2 amide bonds. The van der Waals surface area contributed by atoms with E-state index in [1.54, 1.807) is 6.07 Å². The van der Waals surface area contributed by atoms with Crippen LogP contribution in [-0.4, -0.2) is 46.3 Å². The van der Waals surface area contributed by atoms with Crippen LogP contribution in [0, 0.1) is 27.7 Å². The van der Waals surface area contributed by atoms with Crippen LogP contribution in [0.5, 0.6) is 0 Å². The molecule has 11 rings (SSSR count). The molecule has 1 aliphatic rings. The van der Waals surface area contributed by atoms with Crippen molar-refractivity contribution in [2.45, 2.75) is 27.7 Å². The number of nitrogens with zero attached hydrogens (tertiary/aromatic N) is 8. The number of benzene rings is 7. The van der Waals surface area contributed by atoms with Crippen LogP contribution < -0.4 is 4.90 Å². The number of aromatic nitrogens is 7. The first-order chi connectivity index (χ1) is 31.2. The summed E-state index contributed by atoms with van der Waals surface area (Å²) in [6.07, 6.45) is 0. The molecule has 3 aromatic heterocycles. The van der Waals surface area contributed by atoms with Crippen molar-refractivity contribution >= 4 is 39.3 Å². The summed E-state index contributed by atoms with van der Waals surface area (Å²) in [7, 11) is 0. The molecule has 64 heavy (non-hydrogen) atoms. The first kappa shape index (κ1) is 38.4. The van der Waals surface area contributed by atoms with Gasteiger partial charge in [-0.25, -0.2) is 34.8 Å². The second-order valence-corrected chi connectivity index (χ2v) is 16.0. The highest BCUT2D eigenvalue weighted by Crippen LogP contribution is 2.47. The number of anilines is 1. The summed E-state index contributed by atoms with van der Waals surface area (Å²) in [6.45, 7) is 7.40. The molecule has 0 N–H and O–H groups in total. The maximum absolute atomic E-state index is 15.7. The minimum atomic E-state index is -0.424. The number of fused-ring (bicyclic) bond motifs is 4. The van der Waals surface area contributed by atoms with Crippen LogP contribution in [-0.2, 0) is 0 Å². The maximum Gasteiger partial charge on any atom is 0.268 e. The topological polar surface area (TPSA) is 120 Å². The molecule has 10 nitrogen and oxygen atoms in total. The van der Waals surface area contributed by atoms with Crippen LogP contribution in [0.1, 0.15) is 44.0 Å². The number of carbonyl (C=O) groups excluding carboxylic acids is 2. The van der Waals surface area contributed by atoms with E-state index in [0.717, 1.165) is 66.3 Å². The van der Waals surface area contributed by atoms with Gasteiger partial charge in [-0.3, -0.25) is 9.59 Å². The molecule has 0 spiro atoms. The number of rotatable bonds is 7. The Kier molecular flexibility index (Phi) is 9.09. The molecule has 4 heterocycles. The molecular formula is C54H38N8O2. The van der Waals surface area contributed by atoms with Crippen LogP contribution in [0.2, 0.25) is 0 Å². The van der Waals surface area contributed by atoms with Gasteiger partial charge in [0.05, 0.1) is 33.5 Å². The van der Waals surface area contributed by atoms with E-state index >= 15 is 9.59 Å². The third-order valence-electron chi connectivity index (χ3n) is 11.7. The predicted octanol–water partition coefficient (Wildman–Crippen LogP) is 11.5. The first-order valence-electron chi connectivity index (χ1n) is 21.0. The molecule has 7 aromatic carbocycles. The molecule has 0 unspecified atom stereocenters. The van der Waals surface area contributed by atoms with E-state index in [0.29, 0.717) is 57.4 Å². The lowest BCUT2D eigenvalue weighted by Crippen LogP contribution is -2.30. The van der Waals surface area contributed by atoms with Crippen molar-refractivity contribution in [3.63, 3.8) is 0 Å². The van der Waals surface area contributed by atoms with Crippen LogP contribution in [0.15, 0.2) is 158 Å². The molecule has 10 aromatic rings. The van der Waals surface area contributed by atoms with E-state index in [1.807, 2.05) is 143 Å². The lowest BCUT2D eigenvalue weighted by atomic mass is 9.90. The maximum atomic E-state index is 15.7. The Morgan fingerprint density at radius 3 is 1.30 bits per heavy atom. The fourth-order valence-electron chi connectivity index (χ4n) is 9.05. The molecule has 0 radical (unpaired) electrons. The highest BCUT2D eigenvalue weighted by atomic mass is 16.2. The summed E-state index contributed by atoms with van der Waals surface area (Å²) >= 11 is 0. The second-order valence-electron chi connectivity index (χ2n) is 16.0. The van der Waals surface area contributed by atoms with E-state index in [-0.39, 0.29) is 0 Å². The van der Waals surface area contributed by atoms with Crippen molar-refractivity contribution in [2.24, 2.45) is 0 Å². The molecule has 1 aliphatic heterocycles. The minimum absolute atomic E-state index is 0.297. The van der Waals surface area contributed by atoms with Gasteiger partial charge >= 0.3 is 0 Å². The molecule has 0 atom stereocenters. The Labute approximate surface area is 368 Å². The zero-order chi connectivity index (χ0) is 43.6. The van der Waals surface area contributed by atoms with Crippen molar-refractivity contribution in [3.05, 3.63) is 192 Å². The molecule has 0 aliphatic carbocycles. The third-order valence-corrected chi connectivity index (χ3v) is 11.7. The van der Waals surface area contributed by atoms with Gasteiger partial charge in [0.2, 0.25) is 0 Å². The fourth-order valence-corrected chi connectivity index (χ4v) is 9.05. The van der Waals surface area contributed by atoms with Gasteiger partial charge in [0.15, 0.2) is 11.6 Å². The SMILES string of the molecule is Cc1nc(C)nc(-c2ccc3c4ccc(-c5nc(C)nc(C)n5)cc4n(-c4cccc5c4C(=O)N(c4c(-c6ccccc6)cc(-c6ccccc6)cc4-c4ccccc4)C5=O)c3c2)n1. The summed E-state index contributed by atoms with van der Waals surface area (Å²) in [5, 5.41) is 1.88. The number of aryl methyl sites for hydroxylation is 4. The molecule has 0 saturated heterocycles. The number of amides is 2. The zero-order valence-corrected chi connectivity index (χ0v) is 35.4. The van der Waals surface area contributed by atoms with E-state index in [9.17, 15) is 0 Å². The van der Waals surface area contributed by atoms with Gasteiger partial charge in [-0.05, 0) is 86.3 Å². The van der Waals surface area contributed by atoms with Gasteiger partial charge in [0, 0.05) is 33.0 Å². The van der Waals surface area contributed by atoms with Crippen molar-refractivity contribution < 1.29 is 9.59 Å². The summed E-state index contributed by atoms with van der Waals surface area (Å²) in [5.74, 6) is 2.70. The summed E-state index contributed by atoms with van der Waals surface area (Å²) in [5.41, 5.74) is 10.1. The normalized spacial score (nSPS) is 12.4. The second kappa shape index (κ2) is 15.1. The van der Waals surface area contributed by atoms with Crippen molar-refractivity contribution in [2.75, 3.05) is 4.90 Å². The van der Waals surface area contributed by atoms with Crippen molar-refractivity contribution in [1.82, 2.24) is 34.5 Å². The van der Waals surface area contributed by atoms with E-state index in [1.165, 1.54) is 4.90 Å². The Bertz CT molecular complexity index is 3320. The van der Waals surface area contributed by atoms with Gasteiger partial charge in [-0.2, -0.15) is 0 Å². The number of carbonyl (C=O) groups is 2. The average molecular weight is 831 g/mol. The molecular weight excluding hydrogens is 793 g/mol. The van der Waals surface area contributed by atoms with Gasteiger partial charge in [0.1, 0.15) is 23.3 Å². The molecule has 0 fully saturated rings. The van der Waals surface area contributed by atoms with Crippen LogP contribution in [0.25, 0.3) is 83.6 Å². The number of imide groups is 1. The number of hydrogen-bond donors (Lipinski definition) is 0. The smallest absolute Gasteiger partial charge is 0.268 e. The third kappa shape index (κ3) is 6.42. The minimum Gasteiger partial charge on any atom is -0.308 e. The van der Waals surface area contributed by atoms with E-state index < -0.39 is 11.8 Å². The van der Waals surface area contributed by atoms with Crippen LogP contribution in [0.4, 0.5) is 5.69 Å². The number of hydrogen-bond acceptors (Lipinski definition) is 8. The largest absolute Gasteiger partial charge is 0.308 e. The molecule has 0 bridgehead atoms. The summed E-state index contributed by atoms with van der Waals surface area (Å²) < 4.78 is 2.07. The monoisotopic (exact) mass is 830 g/mol. The Hall–Kier alpha value is -8.50. The van der Waals surface area contributed by atoms with Crippen molar-refractivity contribution in [3.8, 4) is 61.8 Å². The predicted molar refractivity (Wildman–Crippen MR) is 251 cm³/mol. The van der Waals surface area contributed by atoms with Crippen molar-refractivity contribution in [1.29, 1.82) is 0 Å². The lowest BCUT2D eigenvalue weighted by molar-refractivity contribution is 0.0926. The average Bonchev–Trinajstić information content (AvgIpc) is 3.77. The first-order valence-corrected chi connectivity index (χ1v) is 21.0. The van der Waals surface area contributed by atoms with Crippen LogP contribution in [0.3, 0.4) is 0 Å². The Morgan fingerprint density at radius 1 is 0.375 bits per heavy atom. The highest BCUT2D eigenvalue weighted by molar-refractivity contribution is 6.37. The Morgan fingerprint density at radius 2 is 0.828 bits per heavy atom. The van der Waals surface area contributed by atoms with E-state index in [2.05, 4.69) is 50.9 Å². The van der Waals surface area contributed by atoms with Gasteiger partial charge in [-0.15, -0.1) is 0 Å². The summed E-state index contributed by atoms with van der Waals surface area (Å²) in [4.78, 5) is 59.9. The van der Waals surface area contributed by atoms with Gasteiger partial charge < -0.3 is 4.57 Å². The zero-order valence-electron chi connectivity index (χ0n) is 35.4. The molecule has 0 saturated carbocycles. The lowest BCUT2D eigenvalue weighted by Gasteiger charge is -2.24. The van der Waals surface area contributed by atoms with E-state index in [4.69, 9.17) is 19.9 Å². The Balaban J connectivity index is 1.17. The molecule has 306 valence electrons. The molecule has 10 heteroatoms. The van der Waals surface area contributed by atoms with Crippen LogP contribution >= 0.6 is 0 Å². The summed E-state index contributed by atoms with van der Waals surface area (Å²) in [6, 6.07) is 52.0. The highest BCUT2D eigenvalue weighted by Gasteiger charge is 2.42. The van der Waals surface area contributed by atoms with Gasteiger partial charge in [0.25, 0.3) is 11.8 Å². The fraction of sp³-hybridized carbons (Fsp3) is 0.0741. The standard InChI is InChI=1S/C54H38N8O2/c1-31-55-32(2)58-51(57-31)38-23-25-41-42-26-24-39(52-59-33(3)56-34(4)60-52)30-48(42)61(47(41)29-38)46-22-14-21-43-49(46)54(64)62(53(43)63)50-44(36-17-10-6-11-18-36)27-40(35-15-8-5-9-16-35)28-45(50)37-19-12-7-13-20-37/h5-30H,1-4H3. The van der Waals surface area contributed by atoms with Gasteiger partial charge in [-0.1, -0.05) is 121 Å².